The maximum atomic E-state index is 3.58. The van der Waals surface area contributed by atoms with Crippen LogP contribution in [0.4, 0.5) is 0 Å². The highest BCUT2D eigenvalue weighted by Crippen LogP contribution is 2.14. The molecule has 2 heteroatoms. The fourth-order valence-corrected chi connectivity index (χ4v) is 5.54. The highest BCUT2D eigenvalue weighted by molar-refractivity contribution is 7.08. The summed E-state index contributed by atoms with van der Waals surface area (Å²) in [7, 11) is 0. The van der Waals surface area contributed by atoms with Gasteiger partial charge in [-0.2, -0.15) is 16.1 Å². The molecule has 0 saturated heterocycles. The first-order valence-corrected chi connectivity index (χ1v) is 9.27. The molecule has 0 saturated carbocycles. The average Bonchev–Trinajstić information content (AvgIpc) is 2.64. The first-order chi connectivity index (χ1) is 7.58. The zero-order valence-electron chi connectivity index (χ0n) is 10.8. The number of hydrogen-bond acceptors (Lipinski definition) is 1. The summed E-state index contributed by atoms with van der Waals surface area (Å²) in [4.78, 5) is 3.58. The van der Waals surface area contributed by atoms with Crippen molar-refractivity contribution in [1.82, 2.24) is 0 Å². The van der Waals surface area contributed by atoms with Crippen molar-refractivity contribution in [2.45, 2.75) is 38.3 Å². The summed E-state index contributed by atoms with van der Waals surface area (Å²) in [6.07, 6.45) is 0. The second-order valence-electron chi connectivity index (χ2n) is 5.24. The highest BCUT2D eigenvalue weighted by Gasteiger charge is 2.18. The third kappa shape index (κ3) is 5.76. The Morgan fingerprint density at radius 1 is 1.19 bits per heavy atom. The quantitative estimate of drug-likeness (QED) is 0.545. The molecule has 0 bridgehead atoms. The van der Waals surface area contributed by atoms with Gasteiger partial charge in [-0.05, 0) is 11.4 Å². The molecule has 0 aromatic carbocycles. The van der Waals surface area contributed by atoms with E-state index in [1.807, 2.05) is 0 Å². The molecule has 0 fully saturated rings. The molecule has 0 radical (unpaired) electrons. The minimum absolute atomic E-state index is 0.798. The van der Waals surface area contributed by atoms with Crippen molar-refractivity contribution in [2.75, 3.05) is 0 Å². The number of thiophene rings is 1. The molecule has 0 aliphatic rings. The van der Waals surface area contributed by atoms with E-state index < -0.39 is 14.1 Å². The van der Waals surface area contributed by atoms with Crippen LogP contribution in [0.15, 0.2) is 16.8 Å². The Hall–Kier alpha value is -0.208. The smallest absolute Gasteiger partial charge is 0.200 e. The Morgan fingerprint density at radius 2 is 1.81 bits per heavy atom. The Bertz CT molecular complexity index is 331. The molecule has 0 aliphatic heterocycles. The van der Waals surface area contributed by atoms with Crippen molar-refractivity contribution in [2.24, 2.45) is 11.8 Å². The van der Waals surface area contributed by atoms with E-state index in [-0.39, 0.29) is 0 Å². The maximum Gasteiger partial charge on any atom is 0.377 e. The van der Waals surface area contributed by atoms with Crippen LogP contribution in [-0.4, -0.2) is 14.1 Å². The molecule has 16 heavy (non-hydrogen) atoms. The standard InChI is InChI=1S/C6H3S.2C4H9.Al/c1-2-6-3-4-7-5-6;2*1-4(2)3;/h3-5H;2*4H,1H2,2-3H3;. The Balaban J connectivity index is 2.62. The Kier molecular flexibility index (Phi) is 6.22. The summed E-state index contributed by atoms with van der Waals surface area (Å²) >= 11 is 0.881. The molecule has 0 unspecified atom stereocenters. The lowest BCUT2D eigenvalue weighted by atomic mass is 10.3. The molecule has 1 aromatic rings. The van der Waals surface area contributed by atoms with Gasteiger partial charge in [-0.15, -0.1) is 0 Å². The predicted octanol–water partition coefficient (Wildman–Crippen LogP) is 4.45. The minimum Gasteiger partial charge on any atom is -0.200 e. The van der Waals surface area contributed by atoms with E-state index >= 15 is 0 Å². The van der Waals surface area contributed by atoms with Gasteiger partial charge in [0.2, 0.25) is 0 Å². The van der Waals surface area contributed by atoms with Gasteiger partial charge in [-0.25, -0.2) is 0 Å². The van der Waals surface area contributed by atoms with Crippen LogP contribution in [0.1, 0.15) is 33.3 Å². The lowest BCUT2D eigenvalue weighted by Gasteiger charge is -2.10. The van der Waals surface area contributed by atoms with Crippen LogP contribution in [0.5, 0.6) is 0 Å². The van der Waals surface area contributed by atoms with Gasteiger partial charge in [-0.3, -0.25) is 0 Å². The topological polar surface area (TPSA) is 0 Å². The Labute approximate surface area is 108 Å². The molecule has 0 atom stereocenters. The SMILES string of the molecule is CC(C)[CH2][Al]([C]#Cc1ccsc1)[CH2]C(C)C. The van der Waals surface area contributed by atoms with E-state index in [1.165, 1.54) is 16.1 Å². The predicted molar refractivity (Wildman–Crippen MR) is 76.2 cm³/mol. The fourth-order valence-electron chi connectivity index (χ4n) is 1.87. The van der Waals surface area contributed by atoms with Gasteiger partial charge < -0.3 is 0 Å². The van der Waals surface area contributed by atoms with Crippen LogP contribution in [0, 0.1) is 22.5 Å². The van der Waals surface area contributed by atoms with Crippen LogP contribution in [0.3, 0.4) is 0 Å². The van der Waals surface area contributed by atoms with Crippen LogP contribution in [-0.2, 0) is 0 Å². The molecular weight excluding hydrogens is 227 g/mol. The van der Waals surface area contributed by atoms with Gasteiger partial charge >= 0.3 is 14.1 Å². The van der Waals surface area contributed by atoms with Crippen LogP contribution in [0.25, 0.3) is 0 Å². The lowest BCUT2D eigenvalue weighted by Crippen LogP contribution is -2.15. The molecule has 86 valence electrons. The normalized spacial score (nSPS) is 10.4. The molecule has 0 nitrogen and oxygen atoms in total. The van der Waals surface area contributed by atoms with E-state index in [2.05, 4.69) is 55.2 Å². The van der Waals surface area contributed by atoms with E-state index in [9.17, 15) is 0 Å². The summed E-state index contributed by atoms with van der Waals surface area (Å²) in [6, 6.07) is 2.12. The van der Waals surface area contributed by atoms with Crippen molar-refractivity contribution in [3.8, 4) is 10.7 Å². The Morgan fingerprint density at radius 3 is 2.25 bits per heavy atom. The van der Waals surface area contributed by atoms with E-state index in [4.69, 9.17) is 0 Å². The zero-order chi connectivity index (χ0) is 12.0. The molecule has 1 rings (SSSR count). The molecular formula is C14H21AlS. The van der Waals surface area contributed by atoms with Crippen LogP contribution >= 0.6 is 11.3 Å². The van der Waals surface area contributed by atoms with Crippen molar-refractivity contribution in [3.05, 3.63) is 22.4 Å². The third-order valence-corrected chi connectivity index (χ3v) is 6.71. The van der Waals surface area contributed by atoms with Crippen molar-refractivity contribution in [3.63, 3.8) is 0 Å². The average molecular weight is 248 g/mol. The van der Waals surface area contributed by atoms with Gasteiger partial charge in [0.05, 0.1) is 0 Å². The van der Waals surface area contributed by atoms with Gasteiger partial charge in [0.25, 0.3) is 0 Å². The fraction of sp³-hybridized carbons (Fsp3) is 0.571. The summed E-state index contributed by atoms with van der Waals surface area (Å²) in [5.41, 5.74) is 1.20. The van der Waals surface area contributed by atoms with E-state index in [0.717, 1.165) is 11.8 Å². The molecule has 0 amide bonds. The van der Waals surface area contributed by atoms with E-state index in [0.29, 0.717) is 0 Å². The zero-order valence-corrected chi connectivity index (χ0v) is 12.8. The van der Waals surface area contributed by atoms with Gasteiger partial charge in [0.1, 0.15) is 0 Å². The second kappa shape index (κ2) is 7.18. The van der Waals surface area contributed by atoms with Crippen molar-refractivity contribution < 1.29 is 0 Å². The number of hydrogen-bond donors (Lipinski definition) is 0. The molecule has 0 N–H and O–H groups in total. The van der Waals surface area contributed by atoms with Gasteiger partial charge in [0, 0.05) is 10.9 Å². The first-order valence-electron chi connectivity index (χ1n) is 6.11. The molecule has 0 spiro atoms. The van der Waals surface area contributed by atoms with Crippen LogP contribution < -0.4 is 0 Å². The number of rotatable bonds is 4. The monoisotopic (exact) mass is 248 g/mol. The van der Waals surface area contributed by atoms with Crippen molar-refractivity contribution in [1.29, 1.82) is 0 Å². The largest absolute Gasteiger partial charge is 0.377 e. The second-order valence-corrected chi connectivity index (χ2v) is 8.64. The van der Waals surface area contributed by atoms with Gasteiger partial charge in [0.15, 0.2) is 0 Å². The third-order valence-electron chi connectivity index (χ3n) is 2.45. The molecule has 0 aliphatic carbocycles. The summed E-state index contributed by atoms with van der Waals surface area (Å²) in [5.74, 6) is 4.95. The van der Waals surface area contributed by atoms with Crippen LogP contribution in [0.2, 0.25) is 10.6 Å². The summed E-state index contributed by atoms with van der Waals surface area (Å²) in [5, 5.41) is 6.96. The summed E-state index contributed by atoms with van der Waals surface area (Å²) in [6.45, 7) is 9.25. The lowest BCUT2D eigenvalue weighted by molar-refractivity contribution is 0.695. The van der Waals surface area contributed by atoms with Gasteiger partial charge in [-0.1, -0.05) is 56.0 Å². The summed E-state index contributed by atoms with van der Waals surface area (Å²) < 4.78 is 0. The maximum absolute atomic E-state index is 3.58. The minimum atomic E-state index is -0.851. The van der Waals surface area contributed by atoms with Crippen molar-refractivity contribution >= 4 is 25.5 Å². The first kappa shape index (κ1) is 13.9. The van der Waals surface area contributed by atoms with E-state index in [1.54, 1.807) is 11.3 Å². The highest BCUT2D eigenvalue weighted by atomic mass is 32.1. The molecule has 1 heterocycles. The molecule has 1 aromatic heterocycles.